The number of carbonyl (C=O) groups is 1. The second-order valence-corrected chi connectivity index (χ2v) is 8.46. The molecule has 2 aliphatic rings. The molecule has 2 heterocycles. The van der Waals surface area contributed by atoms with E-state index in [0.29, 0.717) is 23.8 Å². The predicted octanol–water partition coefficient (Wildman–Crippen LogP) is 5.11. The summed E-state index contributed by atoms with van der Waals surface area (Å²) in [5.74, 6) is 0. The van der Waals surface area contributed by atoms with Crippen LogP contribution in [0.4, 0.5) is 31.1 Å². The van der Waals surface area contributed by atoms with Crippen LogP contribution < -0.4 is 0 Å². The summed E-state index contributed by atoms with van der Waals surface area (Å²) in [6, 6.07) is 8.53. The van der Waals surface area contributed by atoms with Gasteiger partial charge in [0.05, 0.1) is 42.0 Å². The summed E-state index contributed by atoms with van der Waals surface area (Å²) >= 11 is 0. The first kappa shape index (κ1) is 24.3. The smallest absolute Gasteiger partial charge is 0.416 e. The second-order valence-electron chi connectivity index (χ2n) is 8.46. The van der Waals surface area contributed by atoms with Crippen molar-refractivity contribution in [1.29, 1.82) is 0 Å². The zero-order chi connectivity index (χ0) is 24.7. The van der Waals surface area contributed by atoms with Gasteiger partial charge in [-0.05, 0) is 17.7 Å². The van der Waals surface area contributed by atoms with Crippen molar-refractivity contribution in [2.24, 2.45) is 0 Å². The summed E-state index contributed by atoms with van der Waals surface area (Å²) in [6.45, 7) is -0.376. The number of amides is 1. The van der Waals surface area contributed by atoms with Gasteiger partial charge in [0, 0.05) is 18.4 Å². The van der Waals surface area contributed by atoms with E-state index in [9.17, 15) is 36.2 Å². The van der Waals surface area contributed by atoms with Crippen molar-refractivity contribution in [2.45, 2.75) is 49.5 Å². The van der Waals surface area contributed by atoms with E-state index in [1.807, 2.05) is 0 Å². The van der Waals surface area contributed by atoms with E-state index >= 15 is 0 Å². The molecule has 0 radical (unpaired) electrons. The van der Waals surface area contributed by atoms with Gasteiger partial charge in [-0.1, -0.05) is 36.4 Å². The number of morpholine rings is 1. The highest BCUT2D eigenvalue weighted by atomic mass is 19.4. The SMILES string of the molecule is O=C(OCc1ccccc1)N1C2COCC1CC(O)(c1c(C(F)(F)F)cccc1C(F)(F)F)C2. The molecule has 0 saturated carbocycles. The van der Waals surface area contributed by atoms with Gasteiger partial charge in [-0.3, -0.25) is 4.90 Å². The fourth-order valence-corrected chi connectivity index (χ4v) is 4.80. The van der Waals surface area contributed by atoms with E-state index in [-0.39, 0.29) is 19.8 Å². The molecule has 0 spiro atoms. The van der Waals surface area contributed by atoms with Crippen LogP contribution >= 0.6 is 0 Å². The number of nitrogens with zero attached hydrogens (tertiary/aromatic N) is 1. The summed E-state index contributed by atoms with van der Waals surface area (Å²) in [4.78, 5) is 14.0. The summed E-state index contributed by atoms with van der Waals surface area (Å²) in [7, 11) is 0. The maximum atomic E-state index is 13.7. The zero-order valence-electron chi connectivity index (χ0n) is 17.7. The van der Waals surface area contributed by atoms with E-state index in [1.54, 1.807) is 30.3 Å². The molecular weight excluding hydrogens is 468 g/mol. The van der Waals surface area contributed by atoms with Gasteiger partial charge in [0.25, 0.3) is 0 Å². The maximum absolute atomic E-state index is 13.7. The monoisotopic (exact) mass is 489 g/mol. The van der Waals surface area contributed by atoms with Crippen molar-refractivity contribution >= 4 is 6.09 Å². The van der Waals surface area contributed by atoms with Crippen molar-refractivity contribution in [3.63, 3.8) is 0 Å². The van der Waals surface area contributed by atoms with Gasteiger partial charge in [-0.25, -0.2) is 4.79 Å². The number of carbonyl (C=O) groups excluding carboxylic acids is 1. The second kappa shape index (κ2) is 8.77. The Morgan fingerprint density at radius 3 is 1.97 bits per heavy atom. The van der Waals surface area contributed by atoms with E-state index < -0.39 is 65.7 Å². The first-order valence-corrected chi connectivity index (χ1v) is 10.5. The van der Waals surface area contributed by atoms with Crippen LogP contribution in [0, 0.1) is 0 Å². The molecule has 184 valence electrons. The van der Waals surface area contributed by atoms with Crippen molar-refractivity contribution in [3.8, 4) is 0 Å². The third-order valence-electron chi connectivity index (χ3n) is 6.11. The molecule has 2 aromatic carbocycles. The van der Waals surface area contributed by atoms with Gasteiger partial charge < -0.3 is 14.6 Å². The third kappa shape index (κ3) is 4.72. The number of fused-ring (bicyclic) bond motifs is 2. The lowest BCUT2D eigenvalue weighted by molar-refractivity contribution is -0.163. The zero-order valence-corrected chi connectivity index (χ0v) is 17.7. The summed E-state index contributed by atoms with van der Waals surface area (Å²) in [5, 5.41) is 11.3. The van der Waals surface area contributed by atoms with E-state index in [2.05, 4.69) is 0 Å². The summed E-state index contributed by atoms with van der Waals surface area (Å²) < 4.78 is 93.0. The van der Waals surface area contributed by atoms with Crippen LogP contribution in [0.5, 0.6) is 0 Å². The molecule has 1 N–H and O–H groups in total. The Balaban J connectivity index is 1.66. The molecule has 2 aliphatic heterocycles. The van der Waals surface area contributed by atoms with Gasteiger partial charge in [-0.2, -0.15) is 26.3 Å². The Labute approximate surface area is 190 Å². The summed E-state index contributed by atoms with van der Waals surface area (Å²) in [5.41, 5.74) is -6.09. The number of benzene rings is 2. The van der Waals surface area contributed by atoms with Crippen LogP contribution in [-0.2, 0) is 34.0 Å². The minimum absolute atomic E-state index is 0.0597. The summed E-state index contributed by atoms with van der Waals surface area (Å²) in [6.07, 6.45) is -12.2. The largest absolute Gasteiger partial charge is 0.445 e. The minimum atomic E-state index is -5.12. The molecule has 4 rings (SSSR count). The topological polar surface area (TPSA) is 59.0 Å². The highest BCUT2D eigenvalue weighted by Gasteiger charge is 2.54. The minimum Gasteiger partial charge on any atom is -0.445 e. The number of hydrogen-bond donors (Lipinski definition) is 1. The van der Waals surface area contributed by atoms with Crippen LogP contribution in [0.2, 0.25) is 0 Å². The number of alkyl halides is 6. The lowest BCUT2D eigenvalue weighted by atomic mass is 9.73. The number of aliphatic hydroxyl groups is 1. The van der Waals surface area contributed by atoms with Gasteiger partial charge in [-0.15, -0.1) is 0 Å². The average molecular weight is 489 g/mol. The normalized spacial score (nSPS) is 25.2. The first-order chi connectivity index (χ1) is 15.9. The highest BCUT2D eigenvalue weighted by molar-refractivity contribution is 5.69. The number of halogens is 6. The van der Waals surface area contributed by atoms with Crippen LogP contribution in [-0.4, -0.2) is 41.4 Å². The number of ether oxygens (including phenoxy) is 2. The van der Waals surface area contributed by atoms with Crippen LogP contribution in [0.25, 0.3) is 0 Å². The maximum Gasteiger partial charge on any atom is 0.416 e. The number of hydrogen-bond acceptors (Lipinski definition) is 4. The quantitative estimate of drug-likeness (QED) is 0.609. The van der Waals surface area contributed by atoms with Crippen molar-refractivity contribution in [3.05, 3.63) is 70.8 Å². The molecule has 5 nitrogen and oxygen atoms in total. The Kier molecular flexibility index (Phi) is 6.28. The molecule has 2 fully saturated rings. The standard InChI is InChI=1S/C23H21F6NO4/c24-22(25,26)17-7-4-8-18(23(27,28)29)19(17)21(32)9-15-12-33-13-16(10-21)30(15)20(31)34-11-14-5-2-1-3-6-14/h1-8,15-16,32H,9-13H2. The van der Waals surface area contributed by atoms with E-state index in [4.69, 9.17) is 9.47 Å². The number of piperidine rings is 1. The molecule has 2 unspecified atom stereocenters. The molecule has 2 aromatic rings. The predicted molar refractivity (Wildman–Crippen MR) is 106 cm³/mol. The molecule has 2 bridgehead atoms. The molecule has 34 heavy (non-hydrogen) atoms. The molecular formula is C23H21F6NO4. The average Bonchev–Trinajstić information content (AvgIpc) is 2.76. The van der Waals surface area contributed by atoms with E-state index in [0.717, 1.165) is 0 Å². The van der Waals surface area contributed by atoms with Gasteiger partial charge in [0.1, 0.15) is 6.61 Å². The lowest BCUT2D eigenvalue weighted by Gasteiger charge is -2.51. The third-order valence-corrected chi connectivity index (χ3v) is 6.11. The highest BCUT2D eigenvalue weighted by Crippen LogP contribution is 2.49. The lowest BCUT2D eigenvalue weighted by Crippen LogP contribution is -2.63. The van der Waals surface area contributed by atoms with Crippen molar-refractivity contribution in [2.75, 3.05) is 13.2 Å². The molecule has 2 atom stereocenters. The Bertz CT molecular complexity index is 994. The van der Waals surface area contributed by atoms with Gasteiger partial charge >= 0.3 is 18.4 Å². The molecule has 2 saturated heterocycles. The van der Waals surface area contributed by atoms with Crippen LogP contribution in [0.1, 0.15) is 35.1 Å². The molecule has 1 amide bonds. The Morgan fingerprint density at radius 1 is 0.941 bits per heavy atom. The fourth-order valence-electron chi connectivity index (χ4n) is 4.80. The number of rotatable bonds is 3. The molecule has 11 heteroatoms. The molecule has 0 aromatic heterocycles. The van der Waals surface area contributed by atoms with Crippen LogP contribution in [0.15, 0.2) is 48.5 Å². The fraction of sp³-hybridized carbons (Fsp3) is 0.435. The van der Waals surface area contributed by atoms with Crippen LogP contribution in [0.3, 0.4) is 0 Å². The Hall–Kier alpha value is -2.79. The van der Waals surface area contributed by atoms with Gasteiger partial charge in [0.15, 0.2) is 0 Å². The van der Waals surface area contributed by atoms with Crippen molar-refractivity contribution in [1.82, 2.24) is 4.90 Å². The van der Waals surface area contributed by atoms with Gasteiger partial charge in [0.2, 0.25) is 0 Å². The van der Waals surface area contributed by atoms with E-state index in [1.165, 1.54) is 4.90 Å². The first-order valence-electron chi connectivity index (χ1n) is 10.5. The molecule has 0 aliphatic carbocycles. The Morgan fingerprint density at radius 2 is 1.47 bits per heavy atom. The van der Waals surface area contributed by atoms with Crippen molar-refractivity contribution < 1.29 is 45.7 Å².